The van der Waals surface area contributed by atoms with E-state index in [4.69, 9.17) is 16.0 Å². The molecule has 20 heavy (non-hydrogen) atoms. The summed E-state index contributed by atoms with van der Waals surface area (Å²) in [6.45, 7) is 2.01. The predicted octanol–water partition coefficient (Wildman–Crippen LogP) is 4.82. The number of fused-ring (bicyclic) bond motifs is 1. The largest absolute Gasteiger partial charge is 0.451 e. The van der Waals surface area contributed by atoms with Crippen LogP contribution in [0.3, 0.4) is 0 Å². The van der Waals surface area contributed by atoms with E-state index in [-0.39, 0.29) is 5.78 Å². The van der Waals surface area contributed by atoms with Crippen LogP contribution in [0.1, 0.15) is 21.7 Å². The molecule has 0 aliphatic rings. The van der Waals surface area contributed by atoms with Crippen LogP contribution in [-0.2, 0) is 6.42 Å². The van der Waals surface area contributed by atoms with Crippen LogP contribution >= 0.6 is 11.6 Å². The van der Waals surface area contributed by atoms with Crippen molar-refractivity contribution in [1.82, 2.24) is 0 Å². The lowest BCUT2D eigenvalue weighted by atomic mass is 10.1. The molecule has 0 fully saturated rings. The highest BCUT2D eigenvalue weighted by Gasteiger charge is 2.14. The maximum atomic E-state index is 12.3. The summed E-state index contributed by atoms with van der Waals surface area (Å²) in [5.41, 5.74) is 2.70. The van der Waals surface area contributed by atoms with Gasteiger partial charge in [-0.3, -0.25) is 4.79 Å². The summed E-state index contributed by atoms with van der Waals surface area (Å²) in [6, 6.07) is 15.1. The average molecular weight is 285 g/mol. The minimum atomic E-state index is -0.0390. The van der Waals surface area contributed by atoms with Gasteiger partial charge in [0.1, 0.15) is 0 Å². The van der Waals surface area contributed by atoms with Crippen molar-refractivity contribution >= 4 is 28.4 Å². The number of ketones is 1. The lowest BCUT2D eigenvalue weighted by Crippen LogP contribution is -2.02. The third-order valence-corrected chi connectivity index (χ3v) is 3.52. The molecule has 100 valence electrons. The van der Waals surface area contributed by atoms with E-state index in [0.29, 0.717) is 22.8 Å². The first kappa shape index (κ1) is 12.9. The fraction of sp³-hybridized carbons (Fsp3) is 0.118. The number of benzene rings is 2. The van der Waals surface area contributed by atoms with Gasteiger partial charge >= 0.3 is 0 Å². The molecule has 0 N–H and O–H groups in total. The second-order valence-electron chi connectivity index (χ2n) is 4.86. The number of rotatable bonds is 3. The van der Waals surface area contributed by atoms with Gasteiger partial charge in [0.15, 0.2) is 11.3 Å². The normalized spacial score (nSPS) is 10.9. The lowest BCUT2D eigenvalue weighted by molar-refractivity contribution is 0.0968. The van der Waals surface area contributed by atoms with Crippen molar-refractivity contribution in [2.45, 2.75) is 13.3 Å². The maximum absolute atomic E-state index is 12.3. The van der Waals surface area contributed by atoms with E-state index < -0.39 is 0 Å². The van der Waals surface area contributed by atoms with E-state index in [1.54, 1.807) is 12.1 Å². The molecule has 0 saturated carbocycles. The molecule has 3 rings (SSSR count). The Hall–Kier alpha value is -2.06. The molecule has 0 bridgehead atoms. The van der Waals surface area contributed by atoms with Gasteiger partial charge in [-0.05, 0) is 24.6 Å². The summed E-state index contributed by atoms with van der Waals surface area (Å²) < 4.78 is 5.58. The second-order valence-corrected chi connectivity index (χ2v) is 5.27. The van der Waals surface area contributed by atoms with Crippen molar-refractivity contribution in [1.29, 1.82) is 0 Å². The fourth-order valence-electron chi connectivity index (χ4n) is 2.26. The van der Waals surface area contributed by atoms with Gasteiger partial charge in [0.05, 0.1) is 5.02 Å². The molecule has 2 nitrogen and oxygen atoms in total. The van der Waals surface area contributed by atoms with Gasteiger partial charge in [0.25, 0.3) is 0 Å². The Morgan fingerprint density at radius 3 is 2.70 bits per heavy atom. The van der Waals surface area contributed by atoms with E-state index in [0.717, 1.165) is 16.5 Å². The topological polar surface area (TPSA) is 30.2 Å². The van der Waals surface area contributed by atoms with Gasteiger partial charge in [0, 0.05) is 11.8 Å². The van der Waals surface area contributed by atoms with E-state index in [1.165, 1.54) is 0 Å². The first-order valence-corrected chi connectivity index (χ1v) is 6.78. The molecule has 3 aromatic rings. The minimum Gasteiger partial charge on any atom is -0.451 e. The van der Waals surface area contributed by atoms with Crippen LogP contribution in [0.5, 0.6) is 0 Å². The summed E-state index contributed by atoms with van der Waals surface area (Å²) in [6.07, 6.45) is 0.332. The quantitative estimate of drug-likeness (QED) is 0.646. The number of carbonyl (C=O) groups is 1. The van der Waals surface area contributed by atoms with Crippen LogP contribution in [0.2, 0.25) is 5.02 Å². The Labute approximate surface area is 122 Å². The number of furan rings is 1. The Balaban J connectivity index is 1.91. The average Bonchev–Trinajstić information content (AvgIpc) is 2.84. The SMILES string of the molecule is Cc1cccc(CC(=O)c2cc3cccc(Cl)c3o2)c1. The molecule has 1 heterocycles. The van der Waals surface area contributed by atoms with Crippen molar-refractivity contribution in [2.24, 2.45) is 0 Å². The van der Waals surface area contributed by atoms with Gasteiger partial charge in [0.2, 0.25) is 5.78 Å². The smallest absolute Gasteiger partial charge is 0.202 e. The zero-order chi connectivity index (χ0) is 14.1. The molecular weight excluding hydrogens is 272 g/mol. The first-order valence-electron chi connectivity index (χ1n) is 6.40. The van der Waals surface area contributed by atoms with Crippen LogP contribution in [0.4, 0.5) is 0 Å². The maximum Gasteiger partial charge on any atom is 0.202 e. The molecule has 0 spiro atoms. The molecule has 0 saturated heterocycles. The van der Waals surface area contributed by atoms with Crippen molar-refractivity contribution < 1.29 is 9.21 Å². The number of Topliss-reactive ketones (excluding diaryl/α,β-unsaturated/α-hetero) is 1. The van der Waals surface area contributed by atoms with Crippen LogP contribution in [0, 0.1) is 6.92 Å². The molecule has 0 amide bonds. The number of aryl methyl sites for hydroxylation is 1. The summed E-state index contributed by atoms with van der Waals surface area (Å²) in [4.78, 5) is 12.3. The van der Waals surface area contributed by atoms with E-state index in [9.17, 15) is 4.79 Å². The molecule has 0 atom stereocenters. The molecule has 0 aliphatic carbocycles. The van der Waals surface area contributed by atoms with Gasteiger partial charge in [-0.25, -0.2) is 0 Å². The first-order chi connectivity index (χ1) is 9.63. The number of hydrogen-bond donors (Lipinski definition) is 0. The van der Waals surface area contributed by atoms with Crippen LogP contribution in [0.25, 0.3) is 11.0 Å². The highest BCUT2D eigenvalue weighted by Crippen LogP contribution is 2.27. The molecule has 0 aliphatic heterocycles. The van der Waals surface area contributed by atoms with Crippen molar-refractivity contribution in [3.8, 4) is 0 Å². The summed E-state index contributed by atoms with van der Waals surface area (Å²) in [5, 5.41) is 1.38. The van der Waals surface area contributed by atoms with Gasteiger partial charge in [-0.2, -0.15) is 0 Å². The number of carbonyl (C=O) groups excluding carboxylic acids is 1. The van der Waals surface area contributed by atoms with Gasteiger partial charge in [-0.1, -0.05) is 53.6 Å². The minimum absolute atomic E-state index is 0.0390. The molecule has 2 aromatic carbocycles. The van der Waals surface area contributed by atoms with Crippen LogP contribution in [-0.4, -0.2) is 5.78 Å². The van der Waals surface area contributed by atoms with E-state index >= 15 is 0 Å². The lowest BCUT2D eigenvalue weighted by Gasteiger charge is -2.00. The zero-order valence-corrected chi connectivity index (χ0v) is 11.8. The Morgan fingerprint density at radius 2 is 1.95 bits per heavy atom. The van der Waals surface area contributed by atoms with Crippen LogP contribution in [0.15, 0.2) is 52.9 Å². The number of halogens is 1. The van der Waals surface area contributed by atoms with Crippen molar-refractivity contribution in [2.75, 3.05) is 0 Å². The monoisotopic (exact) mass is 284 g/mol. The highest BCUT2D eigenvalue weighted by molar-refractivity contribution is 6.34. The third-order valence-electron chi connectivity index (χ3n) is 3.22. The summed E-state index contributed by atoms with van der Waals surface area (Å²) >= 11 is 6.05. The zero-order valence-electron chi connectivity index (χ0n) is 11.0. The Morgan fingerprint density at radius 1 is 1.15 bits per heavy atom. The Kier molecular flexibility index (Phi) is 3.33. The van der Waals surface area contributed by atoms with Crippen molar-refractivity contribution in [3.63, 3.8) is 0 Å². The van der Waals surface area contributed by atoms with Crippen molar-refractivity contribution in [3.05, 3.63) is 70.4 Å². The predicted molar refractivity (Wildman–Crippen MR) is 80.4 cm³/mol. The second kappa shape index (κ2) is 5.14. The van der Waals surface area contributed by atoms with E-state index in [2.05, 4.69) is 0 Å². The summed E-state index contributed by atoms with van der Waals surface area (Å²) in [7, 11) is 0. The number of hydrogen-bond acceptors (Lipinski definition) is 2. The highest BCUT2D eigenvalue weighted by atomic mass is 35.5. The molecule has 3 heteroatoms. The Bertz CT molecular complexity index is 787. The standard InChI is InChI=1S/C17H13ClO2/c1-11-4-2-5-12(8-11)9-15(19)16-10-13-6-3-7-14(18)17(13)20-16/h2-8,10H,9H2,1H3. The fourth-order valence-corrected chi connectivity index (χ4v) is 2.48. The third kappa shape index (κ3) is 2.47. The van der Waals surface area contributed by atoms with Gasteiger partial charge < -0.3 is 4.42 Å². The molecule has 0 radical (unpaired) electrons. The number of para-hydroxylation sites is 1. The molecular formula is C17H13ClO2. The summed E-state index contributed by atoms with van der Waals surface area (Å²) in [5.74, 6) is 0.317. The molecule has 1 aromatic heterocycles. The van der Waals surface area contributed by atoms with E-state index in [1.807, 2.05) is 43.3 Å². The van der Waals surface area contributed by atoms with Gasteiger partial charge in [-0.15, -0.1) is 0 Å². The van der Waals surface area contributed by atoms with Crippen LogP contribution < -0.4 is 0 Å². The molecule has 0 unspecified atom stereocenters.